The van der Waals surface area contributed by atoms with E-state index in [-0.39, 0.29) is 6.04 Å². The zero-order chi connectivity index (χ0) is 14.9. The van der Waals surface area contributed by atoms with Crippen LogP contribution >= 0.6 is 23.2 Å². The number of halogens is 2. The molecule has 1 atom stereocenters. The molecule has 0 aliphatic heterocycles. The van der Waals surface area contributed by atoms with Crippen LogP contribution in [-0.2, 0) is 0 Å². The van der Waals surface area contributed by atoms with Crippen LogP contribution in [-0.4, -0.2) is 0 Å². The molecule has 1 unspecified atom stereocenters. The third-order valence-corrected chi connectivity index (χ3v) is 4.38. The Bertz CT molecular complexity index is 639. The Kier molecular flexibility index (Phi) is 4.71. The highest BCUT2D eigenvalue weighted by molar-refractivity contribution is 6.42. The van der Waals surface area contributed by atoms with Crippen molar-refractivity contribution in [1.82, 2.24) is 5.43 Å². The highest BCUT2D eigenvalue weighted by Crippen LogP contribution is 2.30. The van der Waals surface area contributed by atoms with Gasteiger partial charge >= 0.3 is 0 Å². The second-order valence-electron chi connectivity index (χ2n) is 5.07. The molecule has 0 saturated carbocycles. The van der Waals surface area contributed by atoms with Crippen molar-refractivity contribution >= 4 is 23.2 Å². The van der Waals surface area contributed by atoms with Crippen LogP contribution in [0.25, 0.3) is 0 Å². The van der Waals surface area contributed by atoms with Crippen LogP contribution in [0, 0.1) is 20.8 Å². The van der Waals surface area contributed by atoms with Crippen LogP contribution in [0.4, 0.5) is 0 Å². The van der Waals surface area contributed by atoms with E-state index in [1.165, 1.54) is 16.7 Å². The molecule has 0 aliphatic carbocycles. The fourth-order valence-corrected chi connectivity index (χ4v) is 2.66. The van der Waals surface area contributed by atoms with Gasteiger partial charge in [-0.3, -0.25) is 5.84 Å². The number of rotatable bonds is 3. The molecule has 0 radical (unpaired) electrons. The van der Waals surface area contributed by atoms with Gasteiger partial charge in [0, 0.05) is 0 Å². The number of hydrogen-bond acceptors (Lipinski definition) is 2. The molecule has 0 aliphatic rings. The van der Waals surface area contributed by atoms with Crippen molar-refractivity contribution in [3.8, 4) is 0 Å². The van der Waals surface area contributed by atoms with Gasteiger partial charge in [-0.2, -0.15) is 0 Å². The summed E-state index contributed by atoms with van der Waals surface area (Å²) in [6, 6.07) is 9.81. The highest BCUT2D eigenvalue weighted by Gasteiger charge is 2.16. The summed E-state index contributed by atoms with van der Waals surface area (Å²) in [4.78, 5) is 0. The number of benzene rings is 2. The topological polar surface area (TPSA) is 38.0 Å². The predicted molar refractivity (Wildman–Crippen MR) is 86.3 cm³/mol. The van der Waals surface area contributed by atoms with Crippen LogP contribution in [0.5, 0.6) is 0 Å². The minimum Gasteiger partial charge on any atom is -0.271 e. The zero-order valence-electron chi connectivity index (χ0n) is 11.8. The van der Waals surface area contributed by atoms with Crippen molar-refractivity contribution in [2.24, 2.45) is 5.84 Å². The Morgan fingerprint density at radius 3 is 2.15 bits per heavy atom. The van der Waals surface area contributed by atoms with Gasteiger partial charge in [0.1, 0.15) is 0 Å². The summed E-state index contributed by atoms with van der Waals surface area (Å²) in [5.74, 6) is 5.76. The largest absolute Gasteiger partial charge is 0.271 e. The van der Waals surface area contributed by atoms with Crippen LogP contribution in [0.2, 0.25) is 10.0 Å². The molecule has 0 amide bonds. The van der Waals surface area contributed by atoms with Gasteiger partial charge < -0.3 is 0 Å². The zero-order valence-corrected chi connectivity index (χ0v) is 13.3. The third-order valence-electron chi connectivity index (χ3n) is 3.64. The molecule has 0 bridgehead atoms. The summed E-state index contributed by atoms with van der Waals surface area (Å²) in [6.45, 7) is 6.29. The molecule has 2 rings (SSSR count). The maximum absolute atomic E-state index is 6.10. The predicted octanol–water partition coefficient (Wildman–Crippen LogP) is 4.47. The lowest BCUT2D eigenvalue weighted by molar-refractivity contribution is 0.633. The Hall–Kier alpha value is -1.06. The van der Waals surface area contributed by atoms with E-state index in [2.05, 4.69) is 38.3 Å². The molecule has 20 heavy (non-hydrogen) atoms. The summed E-state index contributed by atoms with van der Waals surface area (Å²) in [5.41, 5.74) is 8.72. The minimum atomic E-state index is -0.107. The molecule has 0 spiro atoms. The van der Waals surface area contributed by atoms with Crippen LogP contribution in [0.1, 0.15) is 33.9 Å². The average Bonchev–Trinajstić information content (AvgIpc) is 2.40. The van der Waals surface area contributed by atoms with Crippen molar-refractivity contribution in [1.29, 1.82) is 0 Å². The van der Waals surface area contributed by atoms with E-state index in [1.54, 1.807) is 6.07 Å². The van der Waals surface area contributed by atoms with Crippen molar-refractivity contribution in [3.63, 3.8) is 0 Å². The molecule has 106 valence electrons. The lowest BCUT2D eigenvalue weighted by Crippen LogP contribution is -2.29. The van der Waals surface area contributed by atoms with Gasteiger partial charge in [0.25, 0.3) is 0 Å². The number of nitrogens with two attached hydrogens (primary N) is 1. The molecule has 0 heterocycles. The molecular weight excluding hydrogens is 291 g/mol. The first-order valence-electron chi connectivity index (χ1n) is 6.43. The SMILES string of the molecule is Cc1cc(C)c(C(NN)c2ccc(Cl)c(Cl)c2)cc1C. The smallest absolute Gasteiger partial charge is 0.0713 e. The summed E-state index contributed by atoms with van der Waals surface area (Å²) in [5, 5.41) is 1.08. The fourth-order valence-electron chi connectivity index (χ4n) is 2.35. The Morgan fingerprint density at radius 1 is 0.900 bits per heavy atom. The monoisotopic (exact) mass is 308 g/mol. The van der Waals surface area contributed by atoms with Crippen molar-refractivity contribution < 1.29 is 0 Å². The van der Waals surface area contributed by atoms with Crippen molar-refractivity contribution in [2.45, 2.75) is 26.8 Å². The number of aryl methyl sites for hydroxylation is 3. The molecular formula is C16H18Cl2N2. The van der Waals surface area contributed by atoms with Gasteiger partial charge in [0.15, 0.2) is 0 Å². The van der Waals surface area contributed by atoms with Gasteiger partial charge in [0.05, 0.1) is 16.1 Å². The second kappa shape index (κ2) is 6.15. The van der Waals surface area contributed by atoms with Gasteiger partial charge in [-0.05, 0) is 60.7 Å². The van der Waals surface area contributed by atoms with E-state index in [0.717, 1.165) is 11.1 Å². The van der Waals surface area contributed by atoms with Crippen molar-refractivity contribution in [2.75, 3.05) is 0 Å². The lowest BCUT2D eigenvalue weighted by atomic mass is 9.92. The molecule has 0 saturated heterocycles. The van der Waals surface area contributed by atoms with E-state index < -0.39 is 0 Å². The number of hydrazine groups is 1. The van der Waals surface area contributed by atoms with E-state index in [1.807, 2.05) is 12.1 Å². The quantitative estimate of drug-likeness (QED) is 0.648. The average molecular weight is 309 g/mol. The maximum atomic E-state index is 6.10. The first-order chi connectivity index (χ1) is 9.43. The van der Waals surface area contributed by atoms with Crippen molar-refractivity contribution in [3.05, 3.63) is 68.2 Å². The fraction of sp³-hybridized carbons (Fsp3) is 0.250. The van der Waals surface area contributed by atoms with E-state index in [9.17, 15) is 0 Å². The standard InChI is InChI=1S/C16H18Cl2N2/c1-9-6-11(3)13(7-10(9)2)16(20-19)12-4-5-14(17)15(18)8-12/h4-8,16,20H,19H2,1-3H3. The molecule has 0 fully saturated rings. The lowest BCUT2D eigenvalue weighted by Gasteiger charge is -2.21. The Labute approximate surface area is 129 Å². The van der Waals surface area contributed by atoms with Gasteiger partial charge in [0.2, 0.25) is 0 Å². The molecule has 4 heteroatoms. The van der Waals surface area contributed by atoms with Crippen LogP contribution < -0.4 is 11.3 Å². The number of hydrogen-bond donors (Lipinski definition) is 2. The summed E-state index contributed by atoms with van der Waals surface area (Å²) < 4.78 is 0. The van der Waals surface area contributed by atoms with E-state index in [4.69, 9.17) is 29.0 Å². The maximum Gasteiger partial charge on any atom is 0.0713 e. The molecule has 0 aromatic heterocycles. The van der Waals surface area contributed by atoms with Gasteiger partial charge in [-0.1, -0.05) is 41.4 Å². The number of nitrogens with one attached hydrogen (secondary N) is 1. The van der Waals surface area contributed by atoms with E-state index in [0.29, 0.717) is 10.0 Å². The summed E-state index contributed by atoms with van der Waals surface area (Å²) in [7, 11) is 0. The second-order valence-corrected chi connectivity index (χ2v) is 5.88. The third kappa shape index (κ3) is 2.99. The molecule has 2 aromatic rings. The van der Waals surface area contributed by atoms with Crippen LogP contribution in [0.15, 0.2) is 30.3 Å². The van der Waals surface area contributed by atoms with Gasteiger partial charge in [-0.25, -0.2) is 5.43 Å². The Morgan fingerprint density at radius 2 is 1.55 bits per heavy atom. The summed E-state index contributed by atoms with van der Waals surface area (Å²) in [6.07, 6.45) is 0. The summed E-state index contributed by atoms with van der Waals surface area (Å²) >= 11 is 12.1. The molecule has 3 N–H and O–H groups in total. The first-order valence-corrected chi connectivity index (χ1v) is 7.18. The first kappa shape index (κ1) is 15.3. The van der Waals surface area contributed by atoms with E-state index >= 15 is 0 Å². The Balaban J connectivity index is 2.52. The minimum absolute atomic E-state index is 0.107. The normalized spacial score (nSPS) is 12.5. The highest BCUT2D eigenvalue weighted by atomic mass is 35.5. The molecule has 2 aromatic carbocycles. The van der Waals surface area contributed by atoms with Crippen LogP contribution in [0.3, 0.4) is 0 Å². The van der Waals surface area contributed by atoms with Gasteiger partial charge in [-0.15, -0.1) is 0 Å². The molecule has 2 nitrogen and oxygen atoms in total.